The van der Waals surface area contributed by atoms with Gasteiger partial charge in [-0.2, -0.15) is 0 Å². The predicted octanol–water partition coefficient (Wildman–Crippen LogP) is 4.64. The topological polar surface area (TPSA) is 114 Å². The number of rotatable bonds is 6. The van der Waals surface area contributed by atoms with E-state index in [2.05, 4.69) is 43.9 Å². The third-order valence-corrected chi connectivity index (χ3v) is 7.60. The highest BCUT2D eigenvalue weighted by Crippen LogP contribution is 2.49. The predicted molar refractivity (Wildman–Crippen MR) is 137 cm³/mol. The number of aryl methyl sites for hydroxylation is 1. The summed E-state index contributed by atoms with van der Waals surface area (Å²) in [5.41, 5.74) is 14.1. The lowest BCUT2D eigenvalue weighted by molar-refractivity contribution is -0.160. The van der Waals surface area contributed by atoms with Gasteiger partial charge in [0, 0.05) is 17.8 Å². The van der Waals surface area contributed by atoms with Crippen LogP contribution < -0.4 is 11.5 Å². The van der Waals surface area contributed by atoms with E-state index in [0.29, 0.717) is 17.6 Å². The highest BCUT2D eigenvalue weighted by atomic mass is 16.8. The molecule has 6 rings (SSSR count). The molecular weight excluding hydrogens is 440 g/mol. The highest BCUT2D eigenvalue weighted by molar-refractivity contribution is 5.87. The van der Waals surface area contributed by atoms with Gasteiger partial charge in [-0.05, 0) is 68.5 Å². The van der Waals surface area contributed by atoms with Crippen LogP contribution in [0, 0.1) is 5.92 Å². The molecule has 0 amide bonds. The quantitative estimate of drug-likeness (QED) is 0.393. The van der Waals surface area contributed by atoms with Crippen LogP contribution in [-0.2, 0) is 15.9 Å². The molecule has 4 aromatic rings. The Bertz CT molecular complexity index is 1380. The number of nitrogens with two attached hydrogens (primary N) is 2. The maximum Gasteiger partial charge on any atom is 0.163 e. The van der Waals surface area contributed by atoms with E-state index >= 15 is 0 Å². The number of anilines is 2. The average molecular weight is 473 g/mol. The Labute approximate surface area is 204 Å². The molecule has 2 fully saturated rings. The summed E-state index contributed by atoms with van der Waals surface area (Å²) in [6.07, 6.45) is 10.9. The molecule has 1 saturated heterocycles. The van der Waals surface area contributed by atoms with Crippen molar-refractivity contribution < 1.29 is 9.47 Å². The maximum atomic E-state index is 6.42. The second-order valence-electron chi connectivity index (χ2n) is 10.3. The van der Waals surface area contributed by atoms with E-state index in [9.17, 15) is 0 Å². The van der Waals surface area contributed by atoms with E-state index in [1.807, 2.05) is 32.2 Å². The van der Waals surface area contributed by atoms with Crippen molar-refractivity contribution in [3.63, 3.8) is 0 Å². The van der Waals surface area contributed by atoms with Gasteiger partial charge in [-0.15, -0.1) is 0 Å². The first-order valence-corrected chi connectivity index (χ1v) is 12.5. The molecule has 35 heavy (non-hydrogen) atoms. The van der Waals surface area contributed by atoms with Crippen molar-refractivity contribution in [2.75, 3.05) is 11.5 Å². The fourth-order valence-corrected chi connectivity index (χ4v) is 6.06. The summed E-state index contributed by atoms with van der Waals surface area (Å²) in [6, 6.07) is 10.5. The zero-order valence-corrected chi connectivity index (χ0v) is 20.2. The van der Waals surface area contributed by atoms with Gasteiger partial charge >= 0.3 is 0 Å². The molecule has 182 valence electrons. The van der Waals surface area contributed by atoms with Gasteiger partial charge in [-0.3, -0.25) is 0 Å². The van der Waals surface area contributed by atoms with Gasteiger partial charge in [0.05, 0.1) is 17.5 Å². The largest absolute Gasteiger partial charge is 0.384 e. The second kappa shape index (κ2) is 8.46. The lowest BCUT2D eigenvalue weighted by Gasteiger charge is -2.24. The fourth-order valence-electron chi connectivity index (χ4n) is 6.06. The van der Waals surface area contributed by atoms with Crippen LogP contribution in [0.25, 0.3) is 21.8 Å². The van der Waals surface area contributed by atoms with Crippen LogP contribution >= 0.6 is 0 Å². The van der Waals surface area contributed by atoms with Gasteiger partial charge in [0.25, 0.3) is 0 Å². The van der Waals surface area contributed by atoms with E-state index in [1.165, 1.54) is 17.3 Å². The summed E-state index contributed by atoms with van der Waals surface area (Å²) >= 11 is 0. The van der Waals surface area contributed by atoms with Crippen molar-refractivity contribution in [3.8, 4) is 0 Å². The number of ether oxygens (including phenoxy) is 2. The maximum absolute atomic E-state index is 6.42. The number of nitrogen functional groups attached to an aromatic ring is 2. The van der Waals surface area contributed by atoms with Gasteiger partial charge in [0.1, 0.15) is 29.7 Å². The molecule has 0 unspecified atom stereocenters. The van der Waals surface area contributed by atoms with Crippen molar-refractivity contribution in [1.29, 1.82) is 0 Å². The zero-order chi connectivity index (χ0) is 24.2. The van der Waals surface area contributed by atoms with Crippen LogP contribution in [-0.4, -0.2) is 37.5 Å². The second-order valence-corrected chi connectivity index (χ2v) is 10.3. The number of unbranched alkanes of at least 4 members (excludes halogenated alkanes) is 1. The lowest BCUT2D eigenvalue weighted by atomic mass is 9.95. The number of hydrogen-bond donors (Lipinski definition) is 2. The molecule has 1 aliphatic carbocycles. The Morgan fingerprint density at radius 3 is 2.77 bits per heavy atom. The number of pyridine rings is 1. The van der Waals surface area contributed by atoms with Crippen LogP contribution in [0.2, 0.25) is 0 Å². The van der Waals surface area contributed by atoms with E-state index in [1.54, 1.807) is 0 Å². The van der Waals surface area contributed by atoms with Crippen molar-refractivity contribution in [2.24, 2.45) is 5.92 Å². The molecule has 4 N–H and O–H groups in total. The zero-order valence-electron chi connectivity index (χ0n) is 20.2. The van der Waals surface area contributed by atoms with E-state index in [4.69, 9.17) is 20.9 Å². The standard InChI is InChI=1S/C27H32N6O2/c1-27(2)34-23-18(7-4-3-6-16-8-5-9-17-13-22(28)30-14-20(16)17)12-21(24(23)35-27)33-11-10-19-25(29)31-15-32-26(19)33/h5,8-11,13-15,18,21,23-24H,3-4,6-7,12H2,1-2H3,(H2,28,30)(H2,29,31,32)/t18-,21+,23+,24-/m0/s1. The number of fused-ring (bicyclic) bond motifs is 3. The number of hydrogen-bond acceptors (Lipinski definition) is 7. The number of benzene rings is 1. The van der Waals surface area contributed by atoms with E-state index in [0.717, 1.165) is 48.5 Å². The Morgan fingerprint density at radius 2 is 1.89 bits per heavy atom. The first kappa shape index (κ1) is 22.2. The van der Waals surface area contributed by atoms with Crippen molar-refractivity contribution in [1.82, 2.24) is 19.5 Å². The molecule has 0 radical (unpaired) electrons. The SMILES string of the molecule is CC1(C)O[C@@H]2[C@@H](CCCCc3cccc4cc(N)ncc34)C[C@@H](n3ccc4c(N)ncnc43)[C@@H]2O1. The highest BCUT2D eigenvalue weighted by Gasteiger charge is 2.54. The molecule has 2 aliphatic rings. The lowest BCUT2D eigenvalue weighted by Crippen LogP contribution is -2.27. The van der Waals surface area contributed by atoms with Crippen molar-refractivity contribution >= 4 is 33.4 Å². The van der Waals surface area contributed by atoms with Gasteiger partial charge in [-0.1, -0.05) is 24.6 Å². The Morgan fingerprint density at radius 1 is 1.03 bits per heavy atom. The third kappa shape index (κ3) is 4.00. The number of nitrogens with zero attached hydrogens (tertiary/aromatic N) is 4. The molecule has 1 aromatic carbocycles. The Balaban J connectivity index is 1.17. The third-order valence-electron chi connectivity index (χ3n) is 7.60. The molecule has 3 aromatic heterocycles. The molecule has 0 spiro atoms. The van der Waals surface area contributed by atoms with E-state index in [-0.39, 0.29) is 18.2 Å². The molecule has 4 heterocycles. The van der Waals surface area contributed by atoms with Crippen molar-refractivity contribution in [2.45, 2.75) is 70.0 Å². The molecule has 1 aliphatic heterocycles. The van der Waals surface area contributed by atoms with Crippen LogP contribution in [0.3, 0.4) is 0 Å². The van der Waals surface area contributed by atoms with Crippen molar-refractivity contribution in [3.05, 3.63) is 54.6 Å². The van der Waals surface area contributed by atoms with Gasteiger partial charge in [0.15, 0.2) is 5.79 Å². The fraction of sp³-hybridized carbons (Fsp3) is 0.444. The summed E-state index contributed by atoms with van der Waals surface area (Å²) in [5, 5.41) is 3.23. The molecular formula is C27H32N6O2. The monoisotopic (exact) mass is 472 g/mol. The minimum Gasteiger partial charge on any atom is -0.384 e. The summed E-state index contributed by atoms with van der Waals surface area (Å²) in [5.74, 6) is 0.917. The van der Waals surface area contributed by atoms with Crippen LogP contribution in [0.1, 0.15) is 51.1 Å². The molecule has 1 saturated carbocycles. The molecule has 8 heteroatoms. The molecule has 4 atom stereocenters. The van der Waals surface area contributed by atoms with Gasteiger partial charge in [-0.25, -0.2) is 15.0 Å². The summed E-state index contributed by atoms with van der Waals surface area (Å²) in [4.78, 5) is 13.0. The van der Waals surface area contributed by atoms with Crippen LogP contribution in [0.15, 0.2) is 49.1 Å². The summed E-state index contributed by atoms with van der Waals surface area (Å²) < 4.78 is 15.1. The molecule has 8 nitrogen and oxygen atoms in total. The Hall–Kier alpha value is -3.23. The summed E-state index contributed by atoms with van der Waals surface area (Å²) in [6.45, 7) is 4.02. The van der Waals surface area contributed by atoms with Crippen LogP contribution in [0.4, 0.5) is 11.6 Å². The normalized spacial score (nSPS) is 25.4. The summed E-state index contributed by atoms with van der Waals surface area (Å²) in [7, 11) is 0. The minimum absolute atomic E-state index is 0.00334. The van der Waals surface area contributed by atoms with Crippen LogP contribution in [0.5, 0.6) is 0 Å². The first-order valence-electron chi connectivity index (χ1n) is 12.5. The first-order chi connectivity index (χ1) is 16.9. The number of aromatic nitrogens is 4. The van der Waals surface area contributed by atoms with E-state index < -0.39 is 5.79 Å². The van der Waals surface area contributed by atoms with Gasteiger partial charge < -0.3 is 25.5 Å². The minimum atomic E-state index is -0.582. The average Bonchev–Trinajstić information content (AvgIpc) is 3.48. The smallest absolute Gasteiger partial charge is 0.163 e. The molecule has 0 bridgehead atoms. The van der Waals surface area contributed by atoms with Gasteiger partial charge in [0.2, 0.25) is 0 Å². The Kier molecular flexibility index (Phi) is 5.38.